The van der Waals surface area contributed by atoms with E-state index < -0.39 is 0 Å². The largest absolute Gasteiger partial charge is 0.381 e. The topological polar surface area (TPSA) is 35.8 Å². The number of hydrogen-bond donors (Lipinski definition) is 1. The van der Waals surface area contributed by atoms with Crippen LogP contribution in [0.25, 0.3) is 10.8 Å². The van der Waals surface area contributed by atoms with Crippen molar-refractivity contribution in [1.29, 1.82) is 5.26 Å². The van der Waals surface area contributed by atoms with Gasteiger partial charge in [-0.05, 0) is 24.0 Å². The van der Waals surface area contributed by atoms with Crippen LogP contribution in [0, 0.1) is 16.7 Å². The summed E-state index contributed by atoms with van der Waals surface area (Å²) in [7, 11) is 0. The number of nitrogens with one attached hydrogen (secondary N) is 1. The van der Waals surface area contributed by atoms with Crippen LogP contribution in [0.1, 0.15) is 25.8 Å². The number of benzene rings is 2. The molecule has 1 aliphatic rings. The van der Waals surface area contributed by atoms with Crippen LogP contribution in [0.5, 0.6) is 0 Å². The number of nitriles is 1. The van der Waals surface area contributed by atoms with E-state index in [-0.39, 0.29) is 0 Å². The molecule has 0 heterocycles. The van der Waals surface area contributed by atoms with Crippen molar-refractivity contribution in [2.75, 3.05) is 5.32 Å². The van der Waals surface area contributed by atoms with Crippen LogP contribution in [0.15, 0.2) is 36.4 Å². The lowest BCUT2D eigenvalue weighted by Gasteiger charge is -2.12. The van der Waals surface area contributed by atoms with Crippen molar-refractivity contribution >= 4 is 16.5 Å². The quantitative estimate of drug-likeness (QED) is 0.857. The molecule has 3 rings (SSSR count). The average molecular weight is 236 g/mol. The Balaban J connectivity index is 2.06. The maximum atomic E-state index is 9.13. The minimum Gasteiger partial charge on any atom is -0.381 e. The van der Waals surface area contributed by atoms with E-state index in [2.05, 4.69) is 31.3 Å². The highest BCUT2D eigenvalue weighted by molar-refractivity contribution is 5.97. The average Bonchev–Trinajstić information content (AvgIpc) is 2.97. The summed E-state index contributed by atoms with van der Waals surface area (Å²) in [6.45, 7) is 4.55. The molecule has 1 saturated carbocycles. The first kappa shape index (κ1) is 11.1. The van der Waals surface area contributed by atoms with Gasteiger partial charge in [-0.15, -0.1) is 0 Å². The van der Waals surface area contributed by atoms with E-state index in [1.54, 1.807) is 0 Å². The molecule has 1 N–H and O–H groups in total. The molecule has 1 unspecified atom stereocenters. The lowest BCUT2D eigenvalue weighted by atomic mass is 10.0. The number of nitrogens with zero attached hydrogens (tertiary/aromatic N) is 1. The van der Waals surface area contributed by atoms with Crippen LogP contribution in [-0.2, 0) is 0 Å². The van der Waals surface area contributed by atoms with E-state index >= 15 is 0 Å². The molecule has 0 amide bonds. The summed E-state index contributed by atoms with van der Waals surface area (Å²) in [5, 5.41) is 14.9. The molecule has 2 aromatic carbocycles. The predicted octanol–water partition coefficient (Wildman–Crippen LogP) is 3.92. The third kappa shape index (κ3) is 1.73. The first-order valence-corrected chi connectivity index (χ1v) is 6.30. The molecule has 1 fully saturated rings. The third-order valence-electron chi connectivity index (χ3n) is 3.89. The van der Waals surface area contributed by atoms with Gasteiger partial charge in [-0.25, -0.2) is 0 Å². The summed E-state index contributed by atoms with van der Waals surface area (Å²) in [6.07, 6.45) is 1.21. The maximum Gasteiger partial charge on any atom is 0.0998 e. The van der Waals surface area contributed by atoms with Gasteiger partial charge in [-0.2, -0.15) is 5.26 Å². The highest BCUT2D eigenvalue weighted by Crippen LogP contribution is 2.47. The standard InChI is InChI=1S/C16H16N2/c1-16(2)9-15(16)18-14-8-7-11(10-17)12-5-3-4-6-13(12)14/h3-8,15,18H,9H2,1-2H3. The molecule has 0 radical (unpaired) electrons. The molecular weight excluding hydrogens is 220 g/mol. The van der Waals surface area contributed by atoms with Gasteiger partial charge in [0, 0.05) is 22.5 Å². The SMILES string of the molecule is CC1(C)CC1Nc1ccc(C#N)c2ccccc12. The number of fused-ring (bicyclic) bond motifs is 1. The summed E-state index contributed by atoms with van der Waals surface area (Å²) >= 11 is 0. The van der Waals surface area contributed by atoms with Gasteiger partial charge < -0.3 is 5.32 Å². The molecule has 0 spiro atoms. The highest BCUT2D eigenvalue weighted by Gasteiger charge is 2.45. The minimum absolute atomic E-state index is 0.398. The molecule has 2 nitrogen and oxygen atoms in total. The van der Waals surface area contributed by atoms with Gasteiger partial charge >= 0.3 is 0 Å². The summed E-state index contributed by atoms with van der Waals surface area (Å²) in [5.41, 5.74) is 2.28. The van der Waals surface area contributed by atoms with Crippen molar-refractivity contribution in [3.8, 4) is 6.07 Å². The van der Waals surface area contributed by atoms with Gasteiger partial charge in [0.05, 0.1) is 11.6 Å². The van der Waals surface area contributed by atoms with Gasteiger partial charge in [-0.1, -0.05) is 38.1 Å². The van der Waals surface area contributed by atoms with E-state index in [0.29, 0.717) is 11.5 Å². The molecular formula is C16H16N2. The molecule has 1 atom stereocenters. The molecule has 1 aliphatic carbocycles. The van der Waals surface area contributed by atoms with Crippen LogP contribution in [-0.4, -0.2) is 6.04 Å². The van der Waals surface area contributed by atoms with Gasteiger partial charge in [-0.3, -0.25) is 0 Å². The van der Waals surface area contributed by atoms with Crippen molar-refractivity contribution in [1.82, 2.24) is 0 Å². The summed E-state index contributed by atoms with van der Waals surface area (Å²) < 4.78 is 0. The van der Waals surface area contributed by atoms with Crippen molar-refractivity contribution in [2.45, 2.75) is 26.3 Å². The minimum atomic E-state index is 0.398. The van der Waals surface area contributed by atoms with Crippen molar-refractivity contribution < 1.29 is 0 Å². The highest BCUT2D eigenvalue weighted by atomic mass is 15.0. The number of hydrogen-bond acceptors (Lipinski definition) is 2. The Bertz CT molecular complexity index is 650. The van der Waals surface area contributed by atoms with E-state index in [0.717, 1.165) is 22.0 Å². The Kier molecular flexibility index (Phi) is 2.31. The normalized spacial score (nSPS) is 20.4. The summed E-state index contributed by atoms with van der Waals surface area (Å²) in [5.74, 6) is 0. The zero-order valence-corrected chi connectivity index (χ0v) is 10.7. The molecule has 90 valence electrons. The molecule has 18 heavy (non-hydrogen) atoms. The Morgan fingerprint density at radius 2 is 1.83 bits per heavy atom. The fraction of sp³-hybridized carbons (Fsp3) is 0.312. The number of anilines is 1. The Morgan fingerprint density at radius 3 is 2.44 bits per heavy atom. The Morgan fingerprint density at radius 1 is 1.17 bits per heavy atom. The second-order valence-electron chi connectivity index (χ2n) is 5.71. The lowest BCUT2D eigenvalue weighted by Crippen LogP contribution is -2.08. The van der Waals surface area contributed by atoms with Gasteiger partial charge in [0.2, 0.25) is 0 Å². The monoisotopic (exact) mass is 236 g/mol. The molecule has 0 bridgehead atoms. The predicted molar refractivity (Wildman–Crippen MR) is 74.5 cm³/mol. The van der Waals surface area contributed by atoms with E-state index in [1.165, 1.54) is 6.42 Å². The van der Waals surface area contributed by atoms with Crippen LogP contribution in [0.2, 0.25) is 0 Å². The van der Waals surface area contributed by atoms with Gasteiger partial charge in [0.25, 0.3) is 0 Å². The second kappa shape index (κ2) is 3.74. The van der Waals surface area contributed by atoms with Crippen LogP contribution < -0.4 is 5.32 Å². The van der Waals surface area contributed by atoms with Crippen LogP contribution >= 0.6 is 0 Å². The first-order valence-electron chi connectivity index (χ1n) is 6.30. The fourth-order valence-electron chi connectivity index (χ4n) is 2.42. The Hall–Kier alpha value is -2.01. The van der Waals surface area contributed by atoms with Crippen molar-refractivity contribution in [3.63, 3.8) is 0 Å². The molecule has 0 aliphatic heterocycles. The van der Waals surface area contributed by atoms with Crippen LogP contribution in [0.4, 0.5) is 5.69 Å². The summed E-state index contributed by atoms with van der Waals surface area (Å²) in [4.78, 5) is 0. The number of rotatable bonds is 2. The first-order chi connectivity index (χ1) is 8.62. The zero-order chi connectivity index (χ0) is 12.8. The van der Waals surface area contributed by atoms with Crippen molar-refractivity contribution in [3.05, 3.63) is 42.0 Å². The molecule has 0 saturated heterocycles. The molecule has 2 heteroatoms. The Labute approximate surface area is 107 Å². The second-order valence-corrected chi connectivity index (χ2v) is 5.71. The molecule has 2 aromatic rings. The van der Waals surface area contributed by atoms with E-state index in [1.807, 2.05) is 30.3 Å². The van der Waals surface area contributed by atoms with Crippen LogP contribution in [0.3, 0.4) is 0 Å². The molecule has 0 aromatic heterocycles. The third-order valence-corrected chi connectivity index (χ3v) is 3.89. The lowest BCUT2D eigenvalue weighted by molar-refractivity contribution is 0.631. The smallest absolute Gasteiger partial charge is 0.0998 e. The summed E-state index contributed by atoms with van der Waals surface area (Å²) in [6, 6.07) is 14.8. The van der Waals surface area contributed by atoms with E-state index in [9.17, 15) is 0 Å². The van der Waals surface area contributed by atoms with Gasteiger partial charge in [0.15, 0.2) is 0 Å². The maximum absolute atomic E-state index is 9.13. The van der Waals surface area contributed by atoms with Gasteiger partial charge in [0.1, 0.15) is 0 Å². The zero-order valence-electron chi connectivity index (χ0n) is 10.7. The van der Waals surface area contributed by atoms with Crippen molar-refractivity contribution in [2.24, 2.45) is 5.41 Å². The fourth-order valence-corrected chi connectivity index (χ4v) is 2.42. The van der Waals surface area contributed by atoms with E-state index in [4.69, 9.17) is 5.26 Å².